The molecular weight excluding hydrogens is 487 g/mol. The van der Waals surface area contributed by atoms with E-state index in [9.17, 15) is 4.39 Å². The van der Waals surface area contributed by atoms with Crippen molar-refractivity contribution in [1.82, 2.24) is 30.1 Å². The molecule has 3 N–H and O–H groups in total. The molecule has 0 spiro atoms. The molecule has 7 rings (SSSR count). The molecule has 3 aliphatic heterocycles. The second kappa shape index (κ2) is 7.64. The van der Waals surface area contributed by atoms with Crippen LogP contribution in [0.15, 0.2) is 42.0 Å². The lowest BCUT2D eigenvalue weighted by Gasteiger charge is -2.27. The zero-order valence-corrected chi connectivity index (χ0v) is 20.0. The Morgan fingerprint density at radius 2 is 2.14 bits per heavy atom. The van der Waals surface area contributed by atoms with Gasteiger partial charge in [0.2, 0.25) is 5.82 Å². The Balaban J connectivity index is 1.20. The van der Waals surface area contributed by atoms with Gasteiger partial charge in [-0.2, -0.15) is 0 Å². The fourth-order valence-electron chi connectivity index (χ4n) is 5.85. The molecule has 5 heterocycles. The number of nitrogens with one attached hydrogen (secondary N) is 1. The number of thiazole rings is 1. The van der Waals surface area contributed by atoms with Crippen molar-refractivity contribution in [3.05, 3.63) is 58.0 Å². The van der Waals surface area contributed by atoms with Crippen LogP contribution in [0.3, 0.4) is 0 Å². The molecule has 0 amide bonds. The van der Waals surface area contributed by atoms with Crippen molar-refractivity contribution in [2.75, 3.05) is 24.5 Å². The Bertz CT molecular complexity index is 1550. The number of H-pyrrole nitrogens is 1. The second-order valence-corrected chi connectivity index (χ2v) is 10.4. The highest BCUT2D eigenvalue weighted by atomic mass is 35.5. The van der Waals surface area contributed by atoms with E-state index in [-0.39, 0.29) is 11.2 Å². The molecule has 176 valence electrons. The van der Waals surface area contributed by atoms with Crippen LogP contribution in [0.5, 0.6) is 0 Å². The van der Waals surface area contributed by atoms with Gasteiger partial charge in [0.15, 0.2) is 0 Å². The quantitative estimate of drug-likeness (QED) is 0.377. The van der Waals surface area contributed by atoms with Gasteiger partial charge in [-0.1, -0.05) is 17.7 Å². The Labute approximate surface area is 208 Å². The normalized spacial score (nSPS) is 23.7. The minimum Gasteiger partial charge on any atom is -0.355 e. The van der Waals surface area contributed by atoms with Crippen molar-refractivity contribution >= 4 is 39.7 Å². The van der Waals surface area contributed by atoms with Crippen LogP contribution in [0.25, 0.3) is 33.7 Å². The van der Waals surface area contributed by atoms with Gasteiger partial charge in [-0.25, -0.2) is 14.4 Å². The van der Waals surface area contributed by atoms with Gasteiger partial charge in [0.05, 0.1) is 0 Å². The molecule has 1 saturated heterocycles. The number of hydrogen-bond acceptors (Lipinski definition) is 8. The summed E-state index contributed by atoms with van der Waals surface area (Å²) in [6.45, 7) is 2.29. The maximum absolute atomic E-state index is 14.3. The van der Waals surface area contributed by atoms with E-state index in [0.717, 1.165) is 35.9 Å². The van der Waals surface area contributed by atoms with Crippen LogP contribution in [0.4, 0.5) is 10.2 Å². The first kappa shape index (κ1) is 21.1. The number of anilines is 1. The summed E-state index contributed by atoms with van der Waals surface area (Å²) >= 11 is 7.71. The molecule has 4 aliphatic rings. The number of fused-ring (bicyclic) bond motifs is 3. The van der Waals surface area contributed by atoms with Crippen molar-refractivity contribution in [1.29, 1.82) is 0 Å². The Hall–Kier alpha value is -3.21. The van der Waals surface area contributed by atoms with Gasteiger partial charge < -0.3 is 15.6 Å². The molecule has 0 radical (unpaired) electrons. The zero-order chi connectivity index (χ0) is 23.7. The predicted molar refractivity (Wildman–Crippen MR) is 133 cm³/mol. The Morgan fingerprint density at radius 1 is 1.23 bits per heavy atom. The topological polar surface area (TPSA) is 110 Å². The zero-order valence-electron chi connectivity index (χ0n) is 18.4. The standard InChI is InChI=1S/C24H20ClFN8S/c25-17-10-35-23(30-17)24(11-27)14-5-7-34(9-15(14)24)18-8-29-21-20(32-33-22(21)31-18)13-3-4-16(26)19-12(13)2-1-6-28-19/h1-4,6,8,10,14-15,29H,5,7,9,11,27H2. The highest BCUT2D eigenvalue weighted by molar-refractivity contribution is 7.10. The fourth-order valence-corrected chi connectivity index (χ4v) is 7.13. The Morgan fingerprint density at radius 3 is 2.97 bits per heavy atom. The number of piperidine rings is 1. The Kier molecular flexibility index (Phi) is 4.61. The lowest BCUT2D eigenvalue weighted by molar-refractivity contribution is 0.545. The van der Waals surface area contributed by atoms with Gasteiger partial charge in [0, 0.05) is 53.8 Å². The van der Waals surface area contributed by atoms with E-state index in [1.165, 1.54) is 6.07 Å². The smallest absolute Gasteiger partial charge is 0.202 e. The van der Waals surface area contributed by atoms with E-state index >= 15 is 0 Å². The van der Waals surface area contributed by atoms with Gasteiger partial charge in [0.25, 0.3) is 0 Å². The molecule has 35 heavy (non-hydrogen) atoms. The molecule has 2 fully saturated rings. The van der Waals surface area contributed by atoms with Gasteiger partial charge >= 0.3 is 0 Å². The molecule has 2 aromatic heterocycles. The van der Waals surface area contributed by atoms with Crippen LogP contribution in [-0.4, -0.2) is 49.8 Å². The number of hydrogen-bond donors (Lipinski definition) is 2. The van der Waals surface area contributed by atoms with Crippen molar-refractivity contribution in [2.45, 2.75) is 11.8 Å². The maximum atomic E-state index is 14.3. The van der Waals surface area contributed by atoms with Crippen LogP contribution in [0.2, 0.25) is 5.15 Å². The summed E-state index contributed by atoms with van der Waals surface area (Å²) in [6.07, 6.45) is 4.49. The number of aromatic nitrogens is 6. The highest BCUT2D eigenvalue weighted by Gasteiger charge is 2.67. The minimum atomic E-state index is -0.366. The van der Waals surface area contributed by atoms with Crippen LogP contribution >= 0.6 is 22.9 Å². The average molecular weight is 507 g/mol. The third-order valence-corrected chi connectivity index (χ3v) is 8.97. The van der Waals surface area contributed by atoms with Crippen molar-refractivity contribution in [2.24, 2.45) is 17.6 Å². The van der Waals surface area contributed by atoms with Crippen molar-refractivity contribution in [3.63, 3.8) is 0 Å². The van der Waals surface area contributed by atoms with E-state index in [1.54, 1.807) is 29.7 Å². The van der Waals surface area contributed by atoms with Gasteiger partial charge in [-0.3, -0.25) is 4.98 Å². The molecule has 1 saturated carbocycles. The van der Waals surface area contributed by atoms with E-state index in [2.05, 4.69) is 30.0 Å². The third-order valence-electron chi connectivity index (χ3n) is 7.61. The van der Waals surface area contributed by atoms with E-state index in [0.29, 0.717) is 51.6 Å². The number of nitrogens with zero attached hydrogens (tertiary/aromatic N) is 6. The van der Waals surface area contributed by atoms with Gasteiger partial charge in [-0.15, -0.1) is 21.5 Å². The molecule has 1 aliphatic carbocycles. The average Bonchev–Trinajstić information content (AvgIpc) is 3.13. The number of pyridine rings is 1. The fraction of sp³-hybridized carbons (Fsp3) is 0.292. The molecule has 3 aromatic rings. The van der Waals surface area contributed by atoms with E-state index in [1.807, 2.05) is 17.6 Å². The lowest BCUT2D eigenvalue weighted by atomic mass is 10.0. The number of benzene rings is 1. The highest BCUT2D eigenvalue weighted by Crippen LogP contribution is 2.63. The molecular formula is C24H20ClFN8S. The largest absolute Gasteiger partial charge is 0.355 e. The summed E-state index contributed by atoms with van der Waals surface area (Å²) < 4.78 is 14.3. The third kappa shape index (κ3) is 3.03. The summed E-state index contributed by atoms with van der Waals surface area (Å²) in [5.74, 6) is 1.91. The lowest BCUT2D eigenvalue weighted by Crippen LogP contribution is -2.32. The number of rotatable bonds is 4. The monoisotopic (exact) mass is 506 g/mol. The van der Waals surface area contributed by atoms with Crippen LogP contribution in [-0.2, 0) is 5.41 Å². The molecule has 8 nitrogen and oxygen atoms in total. The summed E-state index contributed by atoms with van der Waals surface area (Å²) in [6, 6.07) is 6.74. The molecule has 3 unspecified atom stereocenters. The van der Waals surface area contributed by atoms with Gasteiger partial charge in [-0.05, 0) is 36.5 Å². The first-order valence-electron chi connectivity index (χ1n) is 11.4. The number of aromatic amines is 1. The second-order valence-electron chi connectivity index (χ2n) is 9.17. The maximum Gasteiger partial charge on any atom is 0.202 e. The van der Waals surface area contributed by atoms with Gasteiger partial charge in [0.1, 0.15) is 38.7 Å². The van der Waals surface area contributed by atoms with Crippen molar-refractivity contribution < 1.29 is 4.39 Å². The van der Waals surface area contributed by atoms with Crippen LogP contribution in [0, 0.1) is 17.7 Å². The predicted octanol–water partition coefficient (Wildman–Crippen LogP) is 4.12. The van der Waals surface area contributed by atoms with E-state index in [4.69, 9.17) is 22.3 Å². The SMILES string of the molecule is NCC1(c2nc(Cl)cs2)C2CCN(c3c[nH]c4c(-c5ccc(F)c6ncccc56)nnc-4n3)CC21. The van der Waals surface area contributed by atoms with E-state index < -0.39 is 0 Å². The first-order chi connectivity index (χ1) is 17.1. The summed E-state index contributed by atoms with van der Waals surface area (Å²) in [4.78, 5) is 19.2. The van der Waals surface area contributed by atoms with Crippen LogP contribution in [0.1, 0.15) is 11.4 Å². The number of nitrogens with two attached hydrogens (primary N) is 1. The van der Waals surface area contributed by atoms with Crippen LogP contribution < -0.4 is 10.6 Å². The molecule has 1 aromatic carbocycles. The summed E-state index contributed by atoms with van der Waals surface area (Å²) in [5.41, 5.74) is 8.58. The molecule has 3 atom stereocenters. The number of halogens is 2. The molecule has 11 heteroatoms. The van der Waals surface area contributed by atoms with Crippen molar-refractivity contribution in [3.8, 4) is 22.8 Å². The summed E-state index contributed by atoms with van der Waals surface area (Å²) in [5, 5.41) is 12.9. The minimum absolute atomic E-state index is 0.0919. The summed E-state index contributed by atoms with van der Waals surface area (Å²) in [7, 11) is 0. The molecule has 0 bridgehead atoms. The first-order valence-corrected chi connectivity index (χ1v) is 12.7.